The van der Waals surface area contributed by atoms with Crippen molar-refractivity contribution in [3.8, 4) is 11.5 Å². The van der Waals surface area contributed by atoms with Crippen molar-refractivity contribution in [3.63, 3.8) is 0 Å². The molecule has 5 aromatic rings. The Morgan fingerprint density at radius 3 is 2.71 bits per heavy atom. The van der Waals surface area contributed by atoms with Crippen molar-refractivity contribution in [1.82, 2.24) is 19.6 Å². The van der Waals surface area contributed by atoms with Gasteiger partial charge >= 0.3 is 0 Å². The number of hydrogen-bond donors (Lipinski definition) is 1. The van der Waals surface area contributed by atoms with E-state index in [4.69, 9.17) is 9.47 Å². The number of aryl methyl sites for hydroxylation is 2. The SMILES string of the molecule is COc1ccc(NC(=O)c2cc(C)c3nc(C)cn3n2)cc1OCc1ccc2ccccc2n1. The van der Waals surface area contributed by atoms with Gasteiger partial charge in [0.25, 0.3) is 5.91 Å². The molecule has 8 heteroatoms. The number of rotatable bonds is 6. The van der Waals surface area contributed by atoms with Gasteiger partial charge in [-0.3, -0.25) is 4.79 Å². The van der Waals surface area contributed by atoms with Crippen molar-refractivity contribution in [1.29, 1.82) is 0 Å². The molecule has 0 aliphatic heterocycles. The molecule has 2 aromatic carbocycles. The number of fused-ring (bicyclic) bond motifs is 2. The number of nitrogens with one attached hydrogen (secondary N) is 1. The van der Waals surface area contributed by atoms with Gasteiger partial charge in [0, 0.05) is 17.1 Å². The zero-order valence-electron chi connectivity index (χ0n) is 19.1. The number of aromatic nitrogens is 4. The maximum atomic E-state index is 12.9. The van der Waals surface area contributed by atoms with E-state index in [-0.39, 0.29) is 12.5 Å². The molecule has 0 saturated carbocycles. The zero-order chi connectivity index (χ0) is 23.7. The number of anilines is 1. The Morgan fingerprint density at radius 2 is 1.85 bits per heavy atom. The highest BCUT2D eigenvalue weighted by molar-refractivity contribution is 6.03. The molecule has 3 aromatic heterocycles. The first kappa shape index (κ1) is 21.4. The molecule has 0 fully saturated rings. The third-order valence-corrected chi connectivity index (χ3v) is 5.42. The minimum Gasteiger partial charge on any atom is -0.493 e. The fraction of sp³-hybridized carbons (Fsp3) is 0.154. The van der Waals surface area contributed by atoms with Crippen molar-refractivity contribution in [2.24, 2.45) is 0 Å². The van der Waals surface area contributed by atoms with Crippen molar-refractivity contribution in [2.45, 2.75) is 20.5 Å². The maximum absolute atomic E-state index is 12.9. The topological polar surface area (TPSA) is 90.6 Å². The van der Waals surface area contributed by atoms with Gasteiger partial charge in [-0.15, -0.1) is 0 Å². The van der Waals surface area contributed by atoms with Crippen LogP contribution in [0.2, 0.25) is 0 Å². The lowest BCUT2D eigenvalue weighted by atomic mass is 10.2. The second-order valence-corrected chi connectivity index (χ2v) is 7.97. The number of methoxy groups -OCH3 is 1. The van der Waals surface area contributed by atoms with E-state index in [2.05, 4.69) is 20.4 Å². The quantitative estimate of drug-likeness (QED) is 0.400. The molecule has 0 unspecified atom stereocenters. The summed E-state index contributed by atoms with van der Waals surface area (Å²) in [6.07, 6.45) is 1.79. The van der Waals surface area contributed by atoms with Crippen LogP contribution in [-0.2, 0) is 6.61 Å². The van der Waals surface area contributed by atoms with Crippen LogP contribution in [0.4, 0.5) is 5.69 Å². The minimum atomic E-state index is -0.330. The number of carbonyl (C=O) groups excluding carboxylic acids is 1. The lowest BCUT2D eigenvalue weighted by Crippen LogP contribution is -2.16. The van der Waals surface area contributed by atoms with Crippen LogP contribution in [0.5, 0.6) is 11.5 Å². The molecule has 1 N–H and O–H groups in total. The van der Waals surface area contributed by atoms with Crippen molar-refractivity contribution in [3.05, 3.63) is 89.5 Å². The molecule has 0 spiro atoms. The summed E-state index contributed by atoms with van der Waals surface area (Å²) in [6, 6.07) is 18.8. The van der Waals surface area contributed by atoms with Crippen molar-refractivity contribution < 1.29 is 14.3 Å². The Kier molecular flexibility index (Phi) is 5.55. The number of pyridine rings is 1. The van der Waals surface area contributed by atoms with Gasteiger partial charge in [-0.25, -0.2) is 14.5 Å². The average Bonchev–Trinajstić information content (AvgIpc) is 3.23. The second kappa shape index (κ2) is 8.82. The molecular weight excluding hydrogens is 430 g/mol. The molecule has 1 amide bonds. The van der Waals surface area contributed by atoms with E-state index in [1.165, 1.54) is 0 Å². The minimum absolute atomic E-state index is 0.260. The molecule has 34 heavy (non-hydrogen) atoms. The van der Waals surface area contributed by atoms with Crippen LogP contribution in [0.1, 0.15) is 27.4 Å². The summed E-state index contributed by atoms with van der Waals surface area (Å²) in [7, 11) is 1.57. The summed E-state index contributed by atoms with van der Waals surface area (Å²) in [5.41, 5.74) is 5.00. The highest BCUT2D eigenvalue weighted by atomic mass is 16.5. The Morgan fingerprint density at radius 1 is 1.00 bits per heavy atom. The number of benzene rings is 2. The Balaban J connectivity index is 1.35. The van der Waals surface area contributed by atoms with Crippen LogP contribution in [0, 0.1) is 13.8 Å². The van der Waals surface area contributed by atoms with Crippen LogP contribution in [0.3, 0.4) is 0 Å². The molecule has 3 heterocycles. The molecule has 5 rings (SSSR count). The van der Waals surface area contributed by atoms with Gasteiger partial charge in [0.2, 0.25) is 0 Å². The van der Waals surface area contributed by atoms with Gasteiger partial charge in [-0.2, -0.15) is 5.10 Å². The van der Waals surface area contributed by atoms with Crippen LogP contribution in [-0.4, -0.2) is 32.6 Å². The fourth-order valence-electron chi connectivity index (χ4n) is 3.76. The number of ether oxygens (including phenoxy) is 2. The van der Waals surface area contributed by atoms with Gasteiger partial charge in [-0.1, -0.05) is 24.3 Å². The van der Waals surface area contributed by atoms with E-state index in [0.717, 1.165) is 33.5 Å². The summed E-state index contributed by atoms with van der Waals surface area (Å²) in [6.45, 7) is 4.05. The van der Waals surface area contributed by atoms with E-state index in [1.807, 2.05) is 50.2 Å². The van der Waals surface area contributed by atoms with Gasteiger partial charge in [0.05, 0.1) is 30.2 Å². The molecule has 0 aliphatic rings. The smallest absolute Gasteiger partial charge is 0.276 e. The average molecular weight is 454 g/mol. The monoisotopic (exact) mass is 453 g/mol. The first-order valence-electron chi connectivity index (χ1n) is 10.8. The highest BCUT2D eigenvalue weighted by Crippen LogP contribution is 2.31. The predicted molar refractivity (Wildman–Crippen MR) is 129 cm³/mol. The number of amides is 1. The first-order valence-corrected chi connectivity index (χ1v) is 10.8. The van der Waals surface area contributed by atoms with Gasteiger partial charge in [0.1, 0.15) is 12.3 Å². The maximum Gasteiger partial charge on any atom is 0.276 e. The lowest BCUT2D eigenvalue weighted by Gasteiger charge is -2.13. The third kappa shape index (κ3) is 4.25. The van der Waals surface area contributed by atoms with Crippen molar-refractivity contribution in [2.75, 3.05) is 12.4 Å². The molecule has 0 atom stereocenters. The van der Waals surface area contributed by atoms with Crippen LogP contribution < -0.4 is 14.8 Å². The molecule has 0 bridgehead atoms. The second-order valence-electron chi connectivity index (χ2n) is 7.97. The van der Waals surface area contributed by atoms with Gasteiger partial charge in [0.15, 0.2) is 17.1 Å². The third-order valence-electron chi connectivity index (χ3n) is 5.42. The van der Waals surface area contributed by atoms with Crippen LogP contribution >= 0.6 is 0 Å². The van der Waals surface area contributed by atoms with E-state index >= 15 is 0 Å². The van der Waals surface area contributed by atoms with E-state index in [1.54, 1.807) is 42.1 Å². The molecule has 8 nitrogen and oxygen atoms in total. The normalized spacial score (nSPS) is 11.0. The Bertz CT molecular complexity index is 1530. The molecule has 0 aliphatic carbocycles. The summed E-state index contributed by atoms with van der Waals surface area (Å²) >= 11 is 0. The van der Waals surface area contributed by atoms with Crippen molar-refractivity contribution >= 4 is 28.1 Å². The number of hydrogen-bond acceptors (Lipinski definition) is 6. The molecule has 170 valence electrons. The number of nitrogens with zero attached hydrogens (tertiary/aromatic N) is 4. The van der Waals surface area contributed by atoms with E-state index < -0.39 is 0 Å². The van der Waals surface area contributed by atoms with Gasteiger partial charge < -0.3 is 14.8 Å². The summed E-state index contributed by atoms with van der Waals surface area (Å²) in [5, 5.41) is 8.34. The van der Waals surface area contributed by atoms with E-state index in [0.29, 0.717) is 22.9 Å². The Hall–Kier alpha value is -4.46. The predicted octanol–water partition coefficient (Wildman–Crippen LogP) is 4.73. The van der Waals surface area contributed by atoms with Crippen LogP contribution in [0.25, 0.3) is 16.6 Å². The van der Waals surface area contributed by atoms with Gasteiger partial charge in [-0.05, 0) is 49.7 Å². The number of carbonyl (C=O) groups is 1. The summed E-state index contributed by atoms with van der Waals surface area (Å²) in [5.74, 6) is 0.729. The molecular formula is C26H23N5O3. The molecule has 0 saturated heterocycles. The first-order chi connectivity index (χ1) is 16.5. The molecule has 0 radical (unpaired) electrons. The largest absolute Gasteiger partial charge is 0.493 e. The lowest BCUT2D eigenvalue weighted by molar-refractivity contribution is 0.102. The zero-order valence-corrected chi connectivity index (χ0v) is 19.1. The fourth-order valence-corrected chi connectivity index (χ4v) is 3.76. The standard InChI is InChI=1S/C26H23N5O3/c1-16-12-22(30-31-14-17(2)27-25(16)31)26(32)29-19-10-11-23(33-3)24(13-19)34-15-20-9-8-18-6-4-5-7-21(18)28-20/h4-14H,15H2,1-3H3,(H,29,32). The Labute approximate surface area is 196 Å². The number of imidazole rings is 1. The summed E-state index contributed by atoms with van der Waals surface area (Å²) < 4.78 is 13.1. The van der Waals surface area contributed by atoms with E-state index in [9.17, 15) is 4.79 Å². The highest BCUT2D eigenvalue weighted by Gasteiger charge is 2.14. The summed E-state index contributed by atoms with van der Waals surface area (Å²) in [4.78, 5) is 22.0. The van der Waals surface area contributed by atoms with Crippen LogP contribution in [0.15, 0.2) is 66.9 Å². The number of para-hydroxylation sites is 1.